The van der Waals surface area contributed by atoms with Gasteiger partial charge in [-0.1, -0.05) is 0 Å². The summed E-state index contributed by atoms with van der Waals surface area (Å²) >= 11 is 1.30. The van der Waals surface area contributed by atoms with Crippen molar-refractivity contribution in [2.45, 2.75) is 39.3 Å². The van der Waals surface area contributed by atoms with Crippen LogP contribution in [0.25, 0.3) is 10.2 Å². The fourth-order valence-corrected chi connectivity index (χ4v) is 3.16. The molecule has 0 saturated carbocycles. The van der Waals surface area contributed by atoms with Crippen molar-refractivity contribution in [2.24, 2.45) is 0 Å². The highest BCUT2D eigenvalue weighted by Gasteiger charge is 2.19. The van der Waals surface area contributed by atoms with E-state index in [1.165, 1.54) is 11.3 Å². The zero-order valence-corrected chi connectivity index (χ0v) is 12.6. The van der Waals surface area contributed by atoms with Crippen molar-refractivity contribution in [1.82, 2.24) is 10.3 Å². The predicted molar refractivity (Wildman–Crippen MR) is 82.0 cm³/mol. The van der Waals surface area contributed by atoms with Gasteiger partial charge in [0.2, 0.25) is 0 Å². The maximum Gasteiger partial charge on any atom is 0.263 e. The number of aliphatic hydroxyl groups excluding tert-OH is 1. The van der Waals surface area contributed by atoms with Gasteiger partial charge >= 0.3 is 0 Å². The van der Waals surface area contributed by atoms with Crippen LogP contribution in [0.1, 0.15) is 35.6 Å². The molecule has 1 amide bonds. The molecule has 2 heterocycles. The molecular weight excluding hydrogens is 274 g/mol. The Morgan fingerprint density at radius 2 is 2.20 bits per heavy atom. The smallest absolute Gasteiger partial charge is 0.263 e. The number of nitrogens with one attached hydrogen (secondary N) is 1. The number of hydrogen-bond donors (Lipinski definition) is 3. The van der Waals surface area contributed by atoms with Gasteiger partial charge in [-0.25, -0.2) is 4.98 Å². The first-order valence-corrected chi connectivity index (χ1v) is 7.34. The third-order valence-corrected chi connectivity index (χ3v) is 4.13. The molecule has 0 spiro atoms. The van der Waals surface area contributed by atoms with E-state index in [1.54, 1.807) is 6.92 Å². The second kappa shape index (κ2) is 5.76. The highest BCUT2D eigenvalue weighted by molar-refractivity contribution is 7.21. The Labute approximate surface area is 121 Å². The summed E-state index contributed by atoms with van der Waals surface area (Å²) in [6.45, 7) is 5.46. The average molecular weight is 293 g/mol. The third kappa shape index (κ3) is 3.08. The molecule has 4 N–H and O–H groups in total. The Morgan fingerprint density at radius 1 is 1.50 bits per heavy atom. The Kier molecular flexibility index (Phi) is 4.25. The van der Waals surface area contributed by atoms with E-state index >= 15 is 0 Å². The second-order valence-corrected chi connectivity index (χ2v) is 6.11. The number of pyridine rings is 1. The number of hydrogen-bond acceptors (Lipinski definition) is 5. The molecule has 5 nitrogen and oxygen atoms in total. The molecule has 20 heavy (non-hydrogen) atoms. The molecule has 2 aromatic rings. The molecule has 108 valence electrons. The first kappa shape index (κ1) is 14.7. The summed E-state index contributed by atoms with van der Waals surface area (Å²) in [5, 5.41) is 13.0. The van der Waals surface area contributed by atoms with E-state index in [4.69, 9.17) is 5.73 Å². The van der Waals surface area contributed by atoms with Crippen molar-refractivity contribution >= 4 is 33.1 Å². The predicted octanol–water partition coefficient (Wildman–Crippen LogP) is 2.08. The number of fused-ring (bicyclic) bond motifs is 1. The molecule has 0 aliphatic heterocycles. The largest absolute Gasteiger partial charge is 0.397 e. The van der Waals surface area contributed by atoms with Gasteiger partial charge in [0.25, 0.3) is 5.91 Å². The number of nitrogens with zero attached hydrogens (tertiary/aromatic N) is 1. The quantitative estimate of drug-likeness (QED) is 0.805. The first-order chi connectivity index (χ1) is 9.38. The number of rotatable bonds is 4. The van der Waals surface area contributed by atoms with Crippen molar-refractivity contribution < 1.29 is 9.90 Å². The highest BCUT2D eigenvalue weighted by atomic mass is 32.1. The van der Waals surface area contributed by atoms with Crippen LogP contribution in [-0.2, 0) is 0 Å². The number of nitrogen functional groups attached to an aromatic ring is 1. The Hall–Kier alpha value is -1.66. The lowest BCUT2D eigenvalue weighted by Gasteiger charge is -2.14. The number of aryl methyl sites for hydroxylation is 1. The van der Waals surface area contributed by atoms with Crippen LogP contribution in [-0.4, -0.2) is 28.1 Å². The van der Waals surface area contributed by atoms with E-state index in [1.807, 2.05) is 26.0 Å². The first-order valence-electron chi connectivity index (χ1n) is 6.53. The van der Waals surface area contributed by atoms with Gasteiger partial charge in [-0.2, -0.15) is 0 Å². The minimum atomic E-state index is -0.450. The monoisotopic (exact) mass is 293 g/mol. The van der Waals surface area contributed by atoms with E-state index in [-0.39, 0.29) is 11.9 Å². The topological polar surface area (TPSA) is 88.2 Å². The van der Waals surface area contributed by atoms with Crippen LogP contribution in [0, 0.1) is 6.92 Å². The molecule has 0 bridgehead atoms. The van der Waals surface area contributed by atoms with E-state index in [2.05, 4.69) is 10.3 Å². The fourth-order valence-electron chi connectivity index (χ4n) is 2.12. The Morgan fingerprint density at radius 3 is 2.85 bits per heavy atom. The second-order valence-electron chi connectivity index (χ2n) is 5.11. The van der Waals surface area contributed by atoms with Gasteiger partial charge in [-0.05, 0) is 39.3 Å². The van der Waals surface area contributed by atoms with Crippen LogP contribution in [0.2, 0.25) is 0 Å². The summed E-state index contributed by atoms with van der Waals surface area (Å²) in [5.41, 5.74) is 7.40. The average Bonchev–Trinajstić information content (AvgIpc) is 2.65. The maximum absolute atomic E-state index is 12.2. The molecule has 0 radical (unpaired) electrons. The summed E-state index contributed by atoms with van der Waals surface area (Å²) in [5.74, 6) is -0.212. The van der Waals surface area contributed by atoms with Gasteiger partial charge in [0, 0.05) is 17.1 Å². The molecule has 2 aromatic heterocycles. The van der Waals surface area contributed by atoms with Gasteiger partial charge < -0.3 is 16.2 Å². The maximum atomic E-state index is 12.2. The minimum Gasteiger partial charge on any atom is -0.397 e. The van der Waals surface area contributed by atoms with Crippen LogP contribution in [0.4, 0.5) is 5.69 Å². The van der Waals surface area contributed by atoms with Crippen molar-refractivity contribution in [3.05, 3.63) is 22.7 Å². The Bertz CT molecular complexity index is 637. The number of nitrogens with two attached hydrogens (primary N) is 1. The summed E-state index contributed by atoms with van der Waals surface area (Å²) in [7, 11) is 0. The SMILES string of the molecule is Cc1ccc2c(N)c(C(=O)NC(C)CC(C)O)sc2n1. The molecule has 2 rings (SSSR count). The van der Waals surface area contributed by atoms with Crippen LogP contribution < -0.4 is 11.1 Å². The van der Waals surface area contributed by atoms with Crippen LogP contribution >= 0.6 is 11.3 Å². The highest BCUT2D eigenvalue weighted by Crippen LogP contribution is 2.32. The molecule has 2 unspecified atom stereocenters. The van der Waals surface area contributed by atoms with Crippen LogP contribution in [0.3, 0.4) is 0 Å². The number of amides is 1. The fraction of sp³-hybridized carbons (Fsp3) is 0.429. The van der Waals surface area contributed by atoms with E-state index in [0.717, 1.165) is 15.9 Å². The molecule has 6 heteroatoms. The molecular formula is C14H19N3O2S. The molecule has 2 atom stereocenters. The van der Waals surface area contributed by atoms with E-state index in [9.17, 15) is 9.90 Å². The third-order valence-electron chi connectivity index (χ3n) is 3.01. The summed E-state index contributed by atoms with van der Waals surface area (Å²) < 4.78 is 0. The van der Waals surface area contributed by atoms with Gasteiger partial charge in [0.05, 0.1) is 11.8 Å². The summed E-state index contributed by atoms with van der Waals surface area (Å²) in [6, 6.07) is 3.66. The number of carbonyl (C=O) groups is 1. The lowest BCUT2D eigenvalue weighted by molar-refractivity contribution is 0.0928. The number of carbonyl (C=O) groups excluding carboxylic acids is 1. The number of thiophene rings is 1. The number of anilines is 1. The lowest BCUT2D eigenvalue weighted by Crippen LogP contribution is -2.34. The summed E-state index contributed by atoms with van der Waals surface area (Å²) in [4.78, 5) is 17.9. The van der Waals surface area contributed by atoms with Crippen LogP contribution in [0.5, 0.6) is 0 Å². The zero-order valence-electron chi connectivity index (χ0n) is 11.8. The number of aliphatic hydroxyl groups is 1. The Balaban J connectivity index is 2.24. The van der Waals surface area contributed by atoms with Crippen molar-refractivity contribution in [1.29, 1.82) is 0 Å². The van der Waals surface area contributed by atoms with Crippen molar-refractivity contribution in [2.75, 3.05) is 5.73 Å². The van der Waals surface area contributed by atoms with Gasteiger partial charge in [0.1, 0.15) is 9.71 Å². The van der Waals surface area contributed by atoms with Crippen molar-refractivity contribution in [3.63, 3.8) is 0 Å². The molecule has 0 aliphatic carbocycles. The van der Waals surface area contributed by atoms with Crippen LogP contribution in [0.15, 0.2) is 12.1 Å². The van der Waals surface area contributed by atoms with Gasteiger partial charge in [-0.15, -0.1) is 11.3 Å². The van der Waals surface area contributed by atoms with Crippen molar-refractivity contribution in [3.8, 4) is 0 Å². The minimum absolute atomic E-state index is 0.109. The molecule has 0 aliphatic rings. The molecule has 0 saturated heterocycles. The lowest BCUT2D eigenvalue weighted by atomic mass is 10.1. The molecule has 0 fully saturated rings. The van der Waals surface area contributed by atoms with Gasteiger partial charge in [-0.3, -0.25) is 4.79 Å². The number of aromatic nitrogens is 1. The van der Waals surface area contributed by atoms with Gasteiger partial charge in [0.15, 0.2) is 0 Å². The zero-order chi connectivity index (χ0) is 14.9. The summed E-state index contributed by atoms with van der Waals surface area (Å²) in [6.07, 6.45) is 0.0582. The normalized spacial score (nSPS) is 14.2. The van der Waals surface area contributed by atoms with E-state index < -0.39 is 6.10 Å². The standard InChI is InChI=1S/C14H19N3O2S/c1-7-4-5-10-11(15)12(20-14(10)17-7)13(19)16-8(2)6-9(3)18/h4-5,8-9,18H,6,15H2,1-3H3,(H,16,19). The van der Waals surface area contributed by atoms with E-state index in [0.29, 0.717) is 17.0 Å². The molecule has 0 aromatic carbocycles.